The Morgan fingerprint density at radius 3 is 2.75 bits per heavy atom. The van der Waals surface area contributed by atoms with Gasteiger partial charge in [-0.2, -0.15) is 23.3 Å². The molecule has 0 fully saturated rings. The Morgan fingerprint density at radius 2 is 2.03 bits per heavy atom. The fraction of sp³-hybridized carbons (Fsp3) is 0.150. The smallest absolute Gasteiger partial charge is 0.416 e. The van der Waals surface area contributed by atoms with Crippen molar-refractivity contribution in [3.05, 3.63) is 80.9 Å². The number of halogens is 3. The molecule has 3 heterocycles. The predicted octanol–water partition coefficient (Wildman–Crippen LogP) is 4.03. The van der Waals surface area contributed by atoms with Crippen molar-refractivity contribution >= 4 is 17.3 Å². The quantitative estimate of drug-likeness (QED) is 0.413. The minimum Gasteiger partial charge on any atom is -0.451 e. The van der Waals surface area contributed by atoms with Crippen LogP contribution in [0.5, 0.6) is 0 Å². The van der Waals surface area contributed by atoms with Crippen LogP contribution in [0.2, 0.25) is 0 Å². The summed E-state index contributed by atoms with van der Waals surface area (Å²) in [5, 5.41) is 9.54. The second-order valence-electron chi connectivity index (χ2n) is 6.52. The molecule has 8 nitrogen and oxygen atoms in total. The number of esters is 1. The van der Waals surface area contributed by atoms with E-state index in [1.54, 1.807) is 6.07 Å². The first-order chi connectivity index (χ1) is 15.2. The predicted molar refractivity (Wildman–Crippen MR) is 106 cm³/mol. The molecule has 0 atom stereocenters. The van der Waals surface area contributed by atoms with Gasteiger partial charge in [-0.1, -0.05) is 17.3 Å². The number of hydrogen-bond acceptors (Lipinski definition) is 8. The van der Waals surface area contributed by atoms with E-state index in [4.69, 9.17) is 9.26 Å². The summed E-state index contributed by atoms with van der Waals surface area (Å²) in [6, 6.07) is 9.04. The number of aromatic nitrogens is 4. The van der Waals surface area contributed by atoms with Crippen molar-refractivity contribution in [2.24, 2.45) is 0 Å². The molecule has 4 aromatic rings. The number of ether oxygens (including phenoxy) is 1. The van der Waals surface area contributed by atoms with Gasteiger partial charge in [-0.15, -0.1) is 11.3 Å². The molecule has 0 bridgehead atoms. The number of thiophene rings is 1. The van der Waals surface area contributed by atoms with E-state index in [-0.39, 0.29) is 17.3 Å². The standard InChI is InChI=1S/C20H13F3N4O4S/c1-11-8-14(28)17(25-27(11)13-5-2-4-12(9-13)20(21,22)23)19(29)30-10-16-24-18(26-31-16)15-6-3-7-32-15/h2-9H,10H2,1H3. The van der Waals surface area contributed by atoms with Gasteiger partial charge in [0.2, 0.25) is 16.9 Å². The highest BCUT2D eigenvalue weighted by molar-refractivity contribution is 7.13. The maximum absolute atomic E-state index is 13.0. The Kier molecular flexibility index (Phi) is 5.61. The third kappa shape index (κ3) is 4.44. The van der Waals surface area contributed by atoms with Gasteiger partial charge < -0.3 is 9.26 Å². The van der Waals surface area contributed by atoms with Crippen LogP contribution in [0.1, 0.15) is 27.6 Å². The highest BCUT2D eigenvalue weighted by Crippen LogP contribution is 2.30. The van der Waals surface area contributed by atoms with Gasteiger partial charge in [0, 0.05) is 11.8 Å². The summed E-state index contributed by atoms with van der Waals surface area (Å²) in [6.45, 7) is 1.07. The molecule has 0 saturated carbocycles. The van der Waals surface area contributed by atoms with Crippen LogP contribution in [-0.2, 0) is 17.5 Å². The van der Waals surface area contributed by atoms with Crippen LogP contribution in [0.25, 0.3) is 16.4 Å². The molecule has 164 valence electrons. The van der Waals surface area contributed by atoms with Crippen LogP contribution < -0.4 is 5.43 Å². The van der Waals surface area contributed by atoms with Crippen molar-refractivity contribution in [3.8, 4) is 16.4 Å². The van der Waals surface area contributed by atoms with E-state index in [0.717, 1.165) is 27.8 Å². The summed E-state index contributed by atoms with van der Waals surface area (Å²) in [7, 11) is 0. The van der Waals surface area contributed by atoms with Crippen LogP contribution in [0.4, 0.5) is 13.2 Å². The van der Waals surface area contributed by atoms with Crippen molar-refractivity contribution in [3.63, 3.8) is 0 Å². The highest BCUT2D eigenvalue weighted by Gasteiger charge is 2.30. The van der Waals surface area contributed by atoms with E-state index in [1.165, 1.54) is 30.4 Å². The third-order valence-electron chi connectivity index (χ3n) is 4.26. The van der Waals surface area contributed by atoms with E-state index in [9.17, 15) is 22.8 Å². The second kappa shape index (κ2) is 8.38. The Morgan fingerprint density at radius 1 is 1.22 bits per heavy atom. The largest absolute Gasteiger partial charge is 0.451 e. The zero-order valence-corrected chi connectivity index (χ0v) is 17.1. The fourth-order valence-electron chi connectivity index (χ4n) is 2.78. The average Bonchev–Trinajstić information content (AvgIpc) is 3.43. The first-order valence-corrected chi connectivity index (χ1v) is 9.92. The number of carbonyl (C=O) groups excluding carboxylic acids is 1. The van der Waals surface area contributed by atoms with Crippen LogP contribution in [0.3, 0.4) is 0 Å². The Balaban J connectivity index is 1.56. The second-order valence-corrected chi connectivity index (χ2v) is 7.47. The lowest BCUT2D eigenvalue weighted by Gasteiger charge is -2.13. The van der Waals surface area contributed by atoms with Crippen LogP contribution >= 0.6 is 11.3 Å². The Labute approximate surface area is 181 Å². The van der Waals surface area contributed by atoms with Crippen LogP contribution in [0, 0.1) is 6.92 Å². The lowest BCUT2D eigenvalue weighted by molar-refractivity contribution is -0.137. The summed E-state index contributed by atoms with van der Waals surface area (Å²) in [5.41, 5.74) is -1.95. The van der Waals surface area contributed by atoms with Crippen LogP contribution in [0.15, 0.2) is 57.2 Å². The number of aryl methyl sites for hydroxylation is 1. The average molecular weight is 462 g/mol. The number of benzene rings is 1. The lowest BCUT2D eigenvalue weighted by Crippen LogP contribution is -2.24. The van der Waals surface area contributed by atoms with E-state index in [1.807, 2.05) is 11.4 Å². The first-order valence-electron chi connectivity index (χ1n) is 9.04. The molecule has 0 unspecified atom stereocenters. The van der Waals surface area contributed by atoms with Gasteiger partial charge in [-0.05, 0) is 36.6 Å². The summed E-state index contributed by atoms with van der Waals surface area (Å²) < 4.78 is 50.2. The molecule has 0 saturated heterocycles. The molecule has 0 N–H and O–H groups in total. The molecular formula is C20H13F3N4O4S. The summed E-state index contributed by atoms with van der Waals surface area (Å²) in [6.07, 6.45) is -4.56. The SMILES string of the molecule is Cc1cc(=O)c(C(=O)OCc2nc(-c3cccs3)no2)nn1-c1cccc(C(F)(F)F)c1. The number of rotatable bonds is 5. The zero-order valence-electron chi connectivity index (χ0n) is 16.3. The van der Waals surface area contributed by atoms with Gasteiger partial charge in [0.15, 0.2) is 6.61 Å². The van der Waals surface area contributed by atoms with Gasteiger partial charge in [-0.25, -0.2) is 9.48 Å². The Hall–Kier alpha value is -3.80. The van der Waals surface area contributed by atoms with Crippen LogP contribution in [-0.4, -0.2) is 25.9 Å². The number of nitrogens with zero attached hydrogens (tertiary/aromatic N) is 4. The number of hydrogen-bond donors (Lipinski definition) is 0. The van der Waals surface area contributed by atoms with Gasteiger partial charge in [0.05, 0.1) is 16.1 Å². The molecule has 0 radical (unpaired) electrons. The lowest BCUT2D eigenvalue weighted by atomic mass is 10.2. The third-order valence-corrected chi connectivity index (χ3v) is 5.12. The van der Waals surface area contributed by atoms with E-state index < -0.39 is 35.4 Å². The molecule has 0 aliphatic carbocycles. The van der Waals surface area contributed by atoms with E-state index in [2.05, 4.69) is 15.2 Å². The van der Waals surface area contributed by atoms with Crippen molar-refractivity contribution in [1.29, 1.82) is 0 Å². The minimum absolute atomic E-state index is 0.00654. The van der Waals surface area contributed by atoms with Gasteiger partial charge in [-0.3, -0.25) is 4.79 Å². The number of alkyl halides is 3. The fourth-order valence-corrected chi connectivity index (χ4v) is 3.43. The molecule has 3 aromatic heterocycles. The molecule has 4 rings (SSSR count). The molecule has 0 amide bonds. The monoisotopic (exact) mass is 462 g/mol. The zero-order chi connectivity index (χ0) is 22.9. The Bertz CT molecular complexity index is 1330. The molecule has 0 aliphatic rings. The number of carbonyl (C=O) groups is 1. The van der Waals surface area contributed by atoms with Gasteiger partial charge in [0.25, 0.3) is 5.89 Å². The van der Waals surface area contributed by atoms with Crippen molar-refractivity contribution in [1.82, 2.24) is 19.9 Å². The maximum Gasteiger partial charge on any atom is 0.416 e. The first kappa shape index (κ1) is 21.4. The normalized spacial score (nSPS) is 11.5. The molecule has 12 heteroatoms. The van der Waals surface area contributed by atoms with Crippen molar-refractivity contribution in [2.45, 2.75) is 19.7 Å². The molecule has 0 spiro atoms. The van der Waals surface area contributed by atoms with E-state index >= 15 is 0 Å². The molecule has 0 aliphatic heterocycles. The topological polar surface area (TPSA) is 100 Å². The molecule has 32 heavy (non-hydrogen) atoms. The minimum atomic E-state index is -4.56. The summed E-state index contributed by atoms with van der Waals surface area (Å²) in [4.78, 5) is 29.5. The van der Waals surface area contributed by atoms with Gasteiger partial charge >= 0.3 is 12.1 Å². The molecular weight excluding hydrogens is 449 g/mol. The van der Waals surface area contributed by atoms with Gasteiger partial charge in [0.1, 0.15) is 0 Å². The molecule has 1 aromatic carbocycles. The highest BCUT2D eigenvalue weighted by atomic mass is 32.1. The van der Waals surface area contributed by atoms with E-state index in [0.29, 0.717) is 5.82 Å². The van der Waals surface area contributed by atoms with Crippen molar-refractivity contribution < 1.29 is 27.2 Å². The maximum atomic E-state index is 13.0. The summed E-state index contributed by atoms with van der Waals surface area (Å²) >= 11 is 1.40. The summed E-state index contributed by atoms with van der Waals surface area (Å²) in [5.74, 6) is -0.745. The van der Waals surface area contributed by atoms with Crippen molar-refractivity contribution in [2.75, 3.05) is 0 Å².